The van der Waals surface area contributed by atoms with E-state index >= 15 is 0 Å². The molecule has 1 heterocycles. The Kier molecular flexibility index (Phi) is 5.75. The molecule has 0 bridgehead atoms. The number of para-hydroxylation sites is 2. The van der Waals surface area contributed by atoms with Crippen molar-refractivity contribution in [1.29, 1.82) is 0 Å². The average Bonchev–Trinajstić information content (AvgIpc) is 3.34. The number of nitrogens with zero attached hydrogens (tertiary/aromatic N) is 2. The van der Waals surface area contributed by atoms with Crippen molar-refractivity contribution < 1.29 is 4.74 Å². The first kappa shape index (κ1) is 19.0. The summed E-state index contributed by atoms with van der Waals surface area (Å²) in [5.41, 5.74) is 4.15. The molecule has 26 heavy (non-hydrogen) atoms. The lowest BCUT2D eigenvalue weighted by Crippen LogP contribution is -2.43. The fourth-order valence-electron chi connectivity index (χ4n) is 3.88. The molecule has 0 spiro atoms. The molecule has 0 atom stereocenters. The first-order valence-corrected chi connectivity index (χ1v) is 8.97. The third-order valence-electron chi connectivity index (χ3n) is 5.47. The third-order valence-corrected chi connectivity index (χ3v) is 5.47. The molecule has 138 valence electrons. The minimum absolute atomic E-state index is 0. The summed E-state index contributed by atoms with van der Waals surface area (Å²) in [7, 11) is 3.62. The molecule has 1 aliphatic carbocycles. The van der Waals surface area contributed by atoms with Gasteiger partial charge in [-0.2, -0.15) is 0 Å². The average molecular weight is 463 g/mol. The fourth-order valence-corrected chi connectivity index (χ4v) is 3.88. The highest BCUT2D eigenvalue weighted by Gasteiger charge is 2.46. The van der Waals surface area contributed by atoms with Gasteiger partial charge in [0.25, 0.3) is 0 Å². The van der Waals surface area contributed by atoms with Crippen LogP contribution >= 0.6 is 24.0 Å². The molecule has 1 saturated carbocycles. The Morgan fingerprint density at radius 3 is 2.62 bits per heavy atom. The van der Waals surface area contributed by atoms with Gasteiger partial charge in [0.05, 0.1) is 7.11 Å². The Bertz CT molecular complexity index is 801. The number of methoxy groups -OCH3 is 1. The van der Waals surface area contributed by atoms with Crippen LogP contribution in [0.2, 0.25) is 0 Å². The fraction of sp³-hybridized carbons (Fsp3) is 0.381. The molecule has 4 rings (SSSR count). The summed E-state index contributed by atoms with van der Waals surface area (Å²) in [5.74, 6) is 1.95. The van der Waals surface area contributed by atoms with E-state index < -0.39 is 0 Å². The summed E-state index contributed by atoms with van der Waals surface area (Å²) in [6.45, 7) is 1.87. The van der Waals surface area contributed by atoms with Crippen LogP contribution in [-0.2, 0) is 11.8 Å². The highest BCUT2D eigenvalue weighted by Crippen LogP contribution is 2.50. The molecule has 4 nitrogen and oxygen atoms in total. The summed E-state index contributed by atoms with van der Waals surface area (Å²) in [6.07, 6.45) is 3.45. The smallest absolute Gasteiger partial charge is 0.198 e. The SMILES string of the molecule is CN=C(NCC1(c2ccccc2OC)CC1)N1CCc2ccccc21.I. The van der Waals surface area contributed by atoms with Crippen molar-refractivity contribution in [2.24, 2.45) is 4.99 Å². The standard InChI is InChI=1S/C21H25N3O.HI/c1-22-20(24-14-11-16-7-3-5-9-18(16)24)23-15-21(12-13-21)17-8-4-6-10-19(17)25-2;/h3-10H,11-15H2,1-2H3,(H,22,23);1H. The van der Waals surface area contributed by atoms with E-state index in [4.69, 9.17) is 4.74 Å². The minimum atomic E-state index is 0. The quantitative estimate of drug-likeness (QED) is 0.424. The van der Waals surface area contributed by atoms with Gasteiger partial charge in [-0.25, -0.2) is 0 Å². The van der Waals surface area contributed by atoms with E-state index in [1.807, 2.05) is 13.1 Å². The number of fused-ring (bicyclic) bond motifs is 1. The summed E-state index contributed by atoms with van der Waals surface area (Å²) < 4.78 is 5.58. The lowest BCUT2D eigenvalue weighted by atomic mass is 9.95. The molecule has 2 aliphatic rings. The molecule has 1 aliphatic heterocycles. The second-order valence-electron chi connectivity index (χ2n) is 6.91. The van der Waals surface area contributed by atoms with Gasteiger partial charge >= 0.3 is 0 Å². The lowest BCUT2D eigenvalue weighted by molar-refractivity contribution is 0.403. The Hall–Kier alpha value is -1.76. The number of halogens is 1. The van der Waals surface area contributed by atoms with E-state index in [1.54, 1.807) is 7.11 Å². The van der Waals surface area contributed by atoms with Crippen LogP contribution in [0.4, 0.5) is 5.69 Å². The van der Waals surface area contributed by atoms with Crippen molar-refractivity contribution >= 4 is 35.6 Å². The first-order valence-electron chi connectivity index (χ1n) is 8.97. The van der Waals surface area contributed by atoms with Gasteiger partial charge in [-0.15, -0.1) is 24.0 Å². The largest absolute Gasteiger partial charge is 0.496 e. The molecule has 2 aromatic rings. The van der Waals surface area contributed by atoms with Gasteiger partial charge in [0.1, 0.15) is 5.75 Å². The molecule has 2 aromatic carbocycles. The number of hydrogen-bond donors (Lipinski definition) is 1. The predicted molar refractivity (Wildman–Crippen MR) is 118 cm³/mol. The van der Waals surface area contributed by atoms with E-state index in [0.717, 1.165) is 31.2 Å². The third kappa shape index (κ3) is 3.41. The number of guanidine groups is 1. The predicted octanol–water partition coefficient (Wildman–Crippen LogP) is 3.98. The molecule has 0 saturated heterocycles. The maximum absolute atomic E-state index is 5.58. The van der Waals surface area contributed by atoms with E-state index in [1.165, 1.54) is 29.7 Å². The van der Waals surface area contributed by atoms with Crippen molar-refractivity contribution in [3.63, 3.8) is 0 Å². The maximum Gasteiger partial charge on any atom is 0.198 e. The second kappa shape index (κ2) is 7.86. The Balaban J connectivity index is 0.00000196. The van der Waals surface area contributed by atoms with Gasteiger partial charge in [-0.05, 0) is 37.0 Å². The first-order chi connectivity index (χ1) is 12.3. The summed E-state index contributed by atoms with van der Waals surface area (Å²) >= 11 is 0. The van der Waals surface area contributed by atoms with Gasteiger partial charge in [0, 0.05) is 36.8 Å². The van der Waals surface area contributed by atoms with Gasteiger partial charge in [0.2, 0.25) is 0 Å². The van der Waals surface area contributed by atoms with Crippen molar-refractivity contribution in [2.75, 3.05) is 32.1 Å². The molecular formula is C21H26IN3O. The van der Waals surface area contributed by atoms with Gasteiger partial charge in [0.15, 0.2) is 5.96 Å². The van der Waals surface area contributed by atoms with Crippen LogP contribution in [0.15, 0.2) is 53.5 Å². The number of ether oxygens (including phenoxy) is 1. The molecule has 0 radical (unpaired) electrons. The maximum atomic E-state index is 5.58. The monoisotopic (exact) mass is 463 g/mol. The number of anilines is 1. The van der Waals surface area contributed by atoms with E-state index in [2.05, 4.69) is 57.7 Å². The topological polar surface area (TPSA) is 36.9 Å². The minimum Gasteiger partial charge on any atom is -0.496 e. The van der Waals surface area contributed by atoms with Gasteiger partial charge in [-0.1, -0.05) is 36.4 Å². The van der Waals surface area contributed by atoms with Gasteiger partial charge in [-0.3, -0.25) is 4.99 Å². The highest BCUT2D eigenvalue weighted by atomic mass is 127. The molecule has 1 fully saturated rings. The van der Waals surface area contributed by atoms with Crippen LogP contribution in [0, 0.1) is 0 Å². The van der Waals surface area contributed by atoms with Crippen LogP contribution in [-0.4, -0.2) is 33.2 Å². The molecular weight excluding hydrogens is 437 g/mol. The zero-order valence-corrected chi connectivity index (χ0v) is 17.7. The molecule has 0 amide bonds. The second-order valence-corrected chi connectivity index (χ2v) is 6.91. The molecule has 5 heteroatoms. The number of benzene rings is 2. The van der Waals surface area contributed by atoms with E-state index in [-0.39, 0.29) is 29.4 Å². The number of aliphatic imine (C=N–C) groups is 1. The van der Waals surface area contributed by atoms with Crippen molar-refractivity contribution in [3.8, 4) is 5.75 Å². The van der Waals surface area contributed by atoms with E-state index in [0.29, 0.717) is 0 Å². The van der Waals surface area contributed by atoms with Crippen molar-refractivity contribution in [3.05, 3.63) is 59.7 Å². The highest BCUT2D eigenvalue weighted by molar-refractivity contribution is 14.0. The lowest BCUT2D eigenvalue weighted by Gasteiger charge is -2.25. The summed E-state index contributed by atoms with van der Waals surface area (Å²) in [4.78, 5) is 6.84. The zero-order valence-electron chi connectivity index (χ0n) is 15.4. The van der Waals surface area contributed by atoms with Crippen LogP contribution in [0.5, 0.6) is 5.75 Å². The number of nitrogens with one attached hydrogen (secondary N) is 1. The van der Waals surface area contributed by atoms with Gasteiger partial charge < -0.3 is 15.0 Å². The van der Waals surface area contributed by atoms with Crippen LogP contribution < -0.4 is 15.0 Å². The summed E-state index contributed by atoms with van der Waals surface area (Å²) in [6, 6.07) is 17.0. The van der Waals surface area contributed by atoms with Crippen molar-refractivity contribution in [2.45, 2.75) is 24.7 Å². The molecule has 1 N–H and O–H groups in total. The normalized spacial score (nSPS) is 17.3. The zero-order chi connectivity index (χ0) is 17.3. The molecule has 0 unspecified atom stereocenters. The molecule has 0 aromatic heterocycles. The number of hydrogen-bond acceptors (Lipinski definition) is 2. The summed E-state index contributed by atoms with van der Waals surface area (Å²) in [5, 5.41) is 3.63. The van der Waals surface area contributed by atoms with E-state index in [9.17, 15) is 0 Å². The Labute approximate surface area is 172 Å². The van der Waals surface area contributed by atoms with Crippen LogP contribution in [0.1, 0.15) is 24.0 Å². The number of rotatable bonds is 4. The Morgan fingerprint density at radius 1 is 1.15 bits per heavy atom. The van der Waals surface area contributed by atoms with Crippen molar-refractivity contribution in [1.82, 2.24) is 5.32 Å². The Morgan fingerprint density at radius 2 is 1.88 bits per heavy atom. The van der Waals surface area contributed by atoms with Crippen LogP contribution in [0.3, 0.4) is 0 Å². The van der Waals surface area contributed by atoms with Crippen LogP contribution in [0.25, 0.3) is 0 Å².